The van der Waals surface area contributed by atoms with Crippen LogP contribution in [0, 0.1) is 17.5 Å². The minimum atomic E-state index is -0.875. The molecule has 5 nitrogen and oxygen atoms in total. The Morgan fingerprint density at radius 3 is 2.04 bits per heavy atom. The van der Waals surface area contributed by atoms with Gasteiger partial charge in [-0.2, -0.15) is 0 Å². The van der Waals surface area contributed by atoms with Crippen LogP contribution in [0.3, 0.4) is 0 Å². The summed E-state index contributed by atoms with van der Waals surface area (Å²) in [5.74, 6) is -2.90. The molecule has 0 bridgehead atoms. The van der Waals surface area contributed by atoms with Crippen LogP contribution >= 0.6 is 0 Å². The number of benzene rings is 2. The lowest BCUT2D eigenvalue weighted by atomic mass is 10.3. The number of quaternary nitrogens is 1. The maximum absolute atomic E-state index is 13.5. The van der Waals surface area contributed by atoms with Gasteiger partial charge in [-0.15, -0.1) is 0 Å². The predicted molar refractivity (Wildman–Crippen MR) is 86.6 cm³/mol. The third kappa shape index (κ3) is 5.92. The average molecular weight is 352 g/mol. The number of hydrogen-bond acceptors (Lipinski definition) is 2. The van der Waals surface area contributed by atoms with Crippen LogP contribution in [0.4, 0.5) is 24.5 Å². The van der Waals surface area contributed by atoms with Crippen LogP contribution in [0.5, 0.6) is 0 Å². The van der Waals surface area contributed by atoms with Crippen molar-refractivity contribution in [1.29, 1.82) is 0 Å². The Morgan fingerprint density at radius 2 is 1.44 bits per heavy atom. The maximum atomic E-state index is 13.5. The summed E-state index contributed by atoms with van der Waals surface area (Å²) in [7, 11) is 1.62. The highest BCUT2D eigenvalue weighted by molar-refractivity contribution is 5.93. The van der Waals surface area contributed by atoms with E-state index in [1.807, 2.05) is 0 Å². The van der Waals surface area contributed by atoms with Gasteiger partial charge in [0.05, 0.1) is 12.7 Å². The van der Waals surface area contributed by atoms with Gasteiger partial charge in [-0.1, -0.05) is 0 Å². The van der Waals surface area contributed by atoms with E-state index in [1.165, 1.54) is 24.3 Å². The zero-order valence-electron chi connectivity index (χ0n) is 13.4. The number of amides is 2. The van der Waals surface area contributed by atoms with Gasteiger partial charge < -0.3 is 15.5 Å². The van der Waals surface area contributed by atoms with E-state index in [0.717, 1.165) is 12.1 Å². The van der Waals surface area contributed by atoms with Gasteiger partial charge in [0, 0.05) is 11.8 Å². The van der Waals surface area contributed by atoms with Crippen molar-refractivity contribution in [3.05, 3.63) is 59.9 Å². The van der Waals surface area contributed by atoms with Crippen LogP contribution in [-0.4, -0.2) is 32.0 Å². The topological polar surface area (TPSA) is 62.6 Å². The third-order valence-electron chi connectivity index (χ3n) is 3.26. The van der Waals surface area contributed by atoms with E-state index >= 15 is 0 Å². The van der Waals surface area contributed by atoms with Crippen LogP contribution in [-0.2, 0) is 9.59 Å². The fourth-order valence-corrected chi connectivity index (χ4v) is 2.13. The van der Waals surface area contributed by atoms with E-state index in [9.17, 15) is 22.8 Å². The summed E-state index contributed by atoms with van der Waals surface area (Å²) in [6.45, 7) is -0.107. The second-order valence-corrected chi connectivity index (χ2v) is 5.54. The third-order valence-corrected chi connectivity index (χ3v) is 3.26. The summed E-state index contributed by atoms with van der Waals surface area (Å²) in [6.07, 6.45) is 0. The molecule has 3 N–H and O–H groups in total. The Morgan fingerprint density at radius 1 is 0.880 bits per heavy atom. The lowest BCUT2D eigenvalue weighted by Gasteiger charge is -2.14. The average Bonchev–Trinajstić information content (AvgIpc) is 2.52. The van der Waals surface area contributed by atoms with E-state index in [2.05, 4.69) is 10.6 Å². The Kier molecular flexibility index (Phi) is 6.13. The predicted octanol–water partition coefficient (Wildman–Crippen LogP) is 1.20. The number of carbonyl (C=O) groups is 2. The molecule has 132 valence electrons. The van der Waals surface area contributed by atoms with Crippen molar-refractivity contribution in [2.24, 2.45) is 0 Å². The Hall–Kier alpha value is -2.87. The largest absolute Gasteiger partial charge is 0.322 e. The molecule has 0 aliphatic carbocycles. The lowest BCUT2D eigenvalue weighted by Crippen LogP contribution is -3.11. The molecule has 2 amide bonds. The van der Waals surface area contributed by atoms with E-state index in [-0.39, 0.29) is 24.7 Å². The van der Waals surface area contributed by atoms with Crippen LogP contribution in [0.1, 0.15) is 0 Å². The summed E-state index contributed by atoms with van der Waals surface area (Å²) in [5, 5.41) is 4.90. The van der Waals surface area contributed by atoms with Crippen LogP contribution in [0.2, 0.25) is 0 Å². The minimum absolute atomic E-state index is 0.0172. The number of rotatable bonds is 6. The minimum Gasteiger partial charge on any atom is -0.322 e. The van der Waals surface area contributed by atoms with E-state index in [1.54, 1.807) is 7.05 Å². The quantitative estimate of drug-likeness (QED) is 0.732. The van der Waals surface area contributed by atoms with Gasteiger partial charge in [0.2, 0.25) is 0 Å². The number of likely N-dealkylation sites (N-methyl/N-ethyl adjacent to an activating group) is 1. The monoisotopic (exact) mass is 352 g/mol. The van der Waals surface area contributed by atoms with Gasteiger partial charge in [0.1, 0.15) is 17.5 Å². The Balaban J connectivity index is 1.82. The summed E-state index contributed by atoms with van der Waals surface area (Å²) >= 11 is 0. The van der Waals surface area contributed by atoms with E-state index in [4.69, 9.17) is 0 Å². The molecular formula is C17H17F3N3O2+. The molecule has 0 aliphatic heterocycles. The van der Waals surface area contributed by atoms with Crippen molar-refractivity contribution in [1.82, 2.24) is 0 Å². The van der Waals surface area contributed by atoms with Crippen LogP contribution in [0.15, 0.2) is 42.5 Å². The molecule has 0 aliphatic rings. The highest BCUT2D eigenvalue weighted by atomic mass is 19.1. The zero-order chi connectivity index (χ0) is 18.4. The molecule has 0 aromatic heterocycles. The van der Waals surface area contributed by atoms with Gasteiger partial charge in [-0.25, -0.2) is 13.2 Å². The first-order valence-electron chi connectivity index (χ1n) is 7.45. The Bertz CT molecular complexity index is 766. The molecular weight excluding hydrogens is 335 g/mol. The molecule has 0 radical (unpaired) electrons. The van der Waals surface area contributed by atoms with Gasteiger partial charge >= 0.3 is 0 Å². The number of carbonyl (C=O) groups excluding carboxylic acids is 2. The van der Waals surface area contributed by atoms with Crippen molar-refractivity contribution < 1.29 is 27.7 Å². The smallest absolute Gasteiger partial charge is 0.279 e. The van der Waals surface area contributed by atoms with Crippen molar-refractivity contribution in [2.45, 2.75) is 0 Å². The summed E-state index contributed by atoms with van der Waals surface area (Å²) in [4.78, 5) is 24.3. The summed E-state index contributed by atoms with van der Waals surface area (Å²) in [5.41, 5.74) is 0.312. The molecule has 0 heterocycles. The van der Waals surface area contributed by atoms with Crippen LogP contribution < -0.4 is 15.5 Å². The Labute approximate surface area is 142 Å². The molecule has 0 saturated carbocycles. The maximum Gasteiger partial charge on any atom is 0.279 e. The lowest BCUT2D eigenvalue weighted by molar-refractivity contribution is -0.862. The molecule has 2 aromatic carbocycles. The number of hydrogen-bond donors (Lipinski definition) is 3. The second kappa shape index (κ2) is 8.29. The molecule has 0 fully saturated rings. The van der Waals surface area contributed by atoms with E-state index < -0.39 is 23.4 Å². The van der Waals surface area contributed by atoms with Crippen molar-refractivity contribution >= 4 is 23.2 Å². The van der Waals surface area contributed by atoms with Gasteiger partial charge in [0.15, 0.2) is 13.1 Å². The second-order valence-electron chi connectivity index (χ2n) is 5.54. The molecule has 2 rings (SSSR count). The van der Waals surface area contributed by atoms with Crippen LogP contribution in [0.25, 0.3) is 0 Å². The summed E-state index contributed by atoms with van der Waals surface area (Å²) in [6, 6.07) is 8.11. The normalized spacial score (nSPS) is 11.7. The van der Waals surface area contributed by atoms with Crippen molar-refractivity contribution in [3.63, 3.8) is 0 Å². The molecule has 2 aromatic rings. The first-order valence-corrected chi connectivity index (χ1v) is 7.45. The van der Waals surface area contributed by atoms with E-state index in [0.29, 0.717) is 16.7 Å². The number of nitrogens with one attached hydrogen (secondary N) is 3. The first kappa shape index (κ1) is 18.5. The molecule has 1 unspecified atom stereocenters. The molecule has 25 heavy (non-hydrogen) atoms. The van der Waals surface area contributed by atoms with Crippen molar-refractivity contribution in [3.8, 4) is 0 Å². The number of anilines is 2. The standard InChI is InChI=1S/C17H16F3N3O2/c1-23(9-16(24)21-13-5-2-11(18)3-6-13)10-17(25)22-15-7-4-12(19)8-14(15)20/h2-8H,9-10H2,1H3,(H,21,24)(H,22,25)/p+1. The SMILES string of the molecule is C[NH+](CC(=O)Nc1ccc(F)cc1)CC(=O)Nc1ccc(F)cc1F. The summed E-state index contributed by atoms with van der Waals surface area (Å²) < 4.78 is 39.1. The molecule has 0 spiro atoms. The fourth-order valence-electron chi connectivity index (χ4n) is 2.13. The molecule has 1 atom stereocenters. The molecule has 8 heteroatoms. The highest BCUT2D eigenvalue weighted by Crippen LogP contribution is 2.14. The van der Waals surface area contributed by atoms with Gasteiger partial charge in [-0.05, 0) is 36.4 Å². The highest BCUT2D eigenvalue weighted by Gasteiger charge is 2.16. The fraction of sp³-hybridized carbons (Fsp3) is 0.176. The van der Waals surface area contributed by atoms with Crippen molar-refractivity contribution in [2.75, 3.05) is 30.8 Å². The molecule has 0 saturated heterocycles. The van der Waals surface area contributed by atoms with Gasteiger partial charge in [-0.3, -0.25) is 9.59 Å². The first-order chi connectivity index (χ1) is 11.8. The number of halogens is 3. The zero-order valence-corrected chi connectivity index (χ0v) is 13.4. The van der Waals surface area contributed by atoms with Gasteiger partial charge in [0.25, 0.3) is 11.8 Å².